The van der Waals surface area contributed by atoms with Crippen molar-refractivity contribution in [1.29, 1.82) is 0 Å². The van der Waals surface area contributed by atoms with E-state index in [0.29, 0.717) is 5.69 Å². The van der Waals surface area contributed by atoms with Crippen molar-refractivity contribution in [2.24, 2.45) is 0 Å². The van der Waals surface area contributed by atoms with Gasteiger partial charge in [-0.05, 0) is 51.1 Å². The number of rotatable bonds is 6. The molecule has 0 aliphatic rings. The van der Waals surface area contributed by atoms with Gasteiger partial charge in [0.15, 0.2) is 0 Å². The maximum atomic E-state index is 12.4. The van der Waals surface area contributed by atoms with E-state index >= 15 is 0 Å². The Kier molecular flexibility index (Phi) is 7.62. The summed E-state index contributed by atoms with van der Waals surface area (Å²) in [4.78, 5) is 12.1. The van der Waals surface area contributed by atoms with Gasteiger partial charge in [0, 0.05) is 16.9 Å². The molecule has 142 valence electrons. The van der Waals surface area contributed by atoms with Gasteiger partial charge < -0.3 is 10.6 Å². The van der Waals surface area contributed by atoms with Crippen LogP contribution >= 0.6 is 12.4 Å². The Morgan fingerprint density at radius 1 is 0.962 bits per heavy atom. The molecule has 0 spiro atoms. The minimum Gasteiger partial charge on any atom is -0.376 e. The summed E-state index contributed by atoms with van der Waals surface area (Å²) in [5.41, 5.74) is 0.678. The molecule has 2 aromatic rings. The average Bonchev–Trinajstić information content (AvgIpc) is 2.52. The largest absolute Gasteiger partial charge is 0.376 e. The van der Waals surface area contributed by atoms with E-state index in [9.17, 15) is 13.2 Å². The van der Waals surface area contributed by atoms with Gasteiger partial charge in [-0.1, -0.05) is 24.3 Å². The first-order chi connectivity index (χ1) is 11.7. The molecule has 2 rings (SSSR count). The monoisotopic (exact) mass is 397 g/mol. The fourth-order valence-electron chi connectivity index (χ4n) is 2.15. The van der Waals surface area contributed by atoms with Gasteiger partial charge in [-0.2, -0.15) is 0 Å². The quantitative estimate of drug-likeness (QED) is 0.698. The zero-order chi connectivity index (χ0) is 18.5. The summed E-state index contributed by atoms with van der Waals surface area (Å²) in [5.74, 6) is -0.262. The lowest BCUT2D eigenvalue weighted by Crippen LogP contribution is -2.40. The highest BCUT2D eigenvalue weighted by atomic mass is 35.5. The van der Waals surface area contributed by atoms with Crippen LogP contribution < -0.4 is 15.4 Å². The van der Waals surface area contributed by atoms with Gasteiger partial charge in [-0.3, -0.25) is 4.79 Å². The molecule has 0 saturated carbocycles. The van der Waals surface area contributed by atoms with Crippen LogP contribution in [0.15, 0.2) is 59.5 Å². The van der Waals surface area contributed by atoms with Crippen LogP contribution in [0.2, 0.25) is 0 Å². The normalized spacial score (nSPS) is 11.3. The van der Waals surface area contributed by atoms with Gasteiger partial charge in [0.25, 0.3) is 0 Å². The van der Waals surface area contributed by atoms with Crippen LogP contribution in [0, 0.1) is 0 Å². The van der Waals surface area contributed by atoms with E-state index in [0.717, 1.165) is 5.69 Å². The van der Waals surface area contributed by atoms with Crippen LogP contribution in [0.4, 0.5) is 11.4 Å². The molecular weight excluding hydrogens is 374 g/mol. The van der Waals surface area contributed by atoms with Crippen molar-refractivity contribution < 1.29 is 13.2 Å². The Labute approximate surface area is 160 Å². The molecule has 1 amide bonds. The number of carbonyl (C=O) groups excluding carboxylic acids is 1. The number of nitrogens with one attached hydrogen (secondary N) is 3. The Hall–Kier alpha value is -2.09. The first-order valence-corrected chi connectivity index (χ1v) is 9.37. The van der Waals surface area contributed by atoms with Crippen molar-refractivity contribution in [2.75, 3.05) is 17.2 Å². The molecule has 0 aromatic heterocycles. The summed E-state index contributed by atoms with van der Waals surface area (Å²) >= 11 is 0. The summed E-state index contributed by atoms with van der Waals surface area (Å²) in [6, 6.07) is 15.5. The lowest BCUT2D eigenvalue weighted by molar-refractivity contribution is -0.114. The van der Waals surface area contributed by atoms with Gasteiger partial charge in [-0.15, -0.1) is 12.4 Å². The first-order valence-electron chi connectivity index (χ1n) is 7.88. The number of sulfonamides is 1. The molecule has 0 aliphatic carbocycles. The lowest BCUT2D eigenvalue weighted by Gasteiger charge is -2.20. The maximum Gasteiger partial charge on any atom is 0.243 e. The van der Waals surface area contributed by atoms with Crippen molar-refractivity contribution in [3.05, 3.63) is 54.6 Å². The smallest absolute Gasteiger partial charge is 0.243 e. The van der Waals surface area contributed by atoms with Crippen molar-refractivity contribution in [3.8, 4) is 0 Å². The maximum absolute atomic E-state index is 12.4. The summed E-state index contributed by atoms with van der Waals surface area (Å²) < 4.78 is 27.3. The fourth-order valence-corrected chi connectivity index (χ4v) is 3.61. The second-order valence-corrected chi connectivity index (χ2v) is 8.33. The summed E-state index contributed by atoms with van der Waals surface area (Å²) in [6.45, 7) is 5.39. The third-order valence-electron chi connectivity index (χ3n) is 3.10. The predicted molar refractivity (Wildman–Crippen MR) is 107 cm³/mol. The van der Waals surface area contributed by atoms with Crippen LogP contribution in [-0.2, 0) is 14.8 Å². The first kappa shape index (κ1) is 22.0. The van der Waals surface area contributed by atoms with Gasteiger partial charge in [0.05, 0.1) is 11.4 Å². The fraction of sp³-hybridized carbons (Fsp3) is 0.278. The molecule has 26 heavy (non-hydrogen) atoms. The van der Waals surface area contributed by atoms with E-state index in [1.54, 1.807) is 32.9 Å². The molecular formula is C18H24ClN3O3S. The second kappa shape index (κ2) is 9.02. The SMILES string of the molecule is CC(C)(C)NS(=O)(=O)c1cccc(NC(=O)CNc2ccccc2)c1.Cl. The standard InChI is InChI=1S/C18H23N3O3S.ClH/c1-18(2,3)21-25(23,24)16-11-7-10-15(12-16)20-17(22)13-19-14-8-5-4-6-9-14;/h4-12,19,21H,13H2,1-3H3,(H,20,22);1H. The van der Waals surface area contributed by atoms with Crippen LogP contribution in [0.25, 0.3) is 0 Å². The summed E-state index contributed by atoms with van der Waals surface area (Å²) in [7, 11) is -3.65. The van der Waals surface area contributed by atoms with Gasteiger partial charge in [-0.25, -0.2) is 13.1 Å². The molecule has 6 nitrogen and oxygen atoms in total. The number of anilines is 2. The molecule has 0 fully saturated rings. The number of halogens is 1. The third-order valence-corrected chi connectivity index (χ3v) is 4.85. The van der Waals surface area contributed by atoms with Gasteiger partial charge in [0.2, 0.25) is 15.9 Å². The number of para-hydroxylation sites is 1. The van der Waals surface area contributed by atoms with E-state index in [1.165, 1.54) is 12.1 Å². The molecule has 0 atom stereocenters. The molecule has 0 heterocycles. The van der Waals surface area contributed by atoms with Crippen LogP contribution in [0.1, 0.15) is 20.8 Å². The summed E-state index contributed by atoms with van der Waals surface area (Å²) in [6.07, 6.45) is 0. The summed E-state index contributed by atoms with van der Waals surface area (Å²) in [5, 5.41) is 5.69. The Morgan fingerprint density at radius 2 is 1.58 bits per heavy atom. The van der Waals surface area contributed by atoms with Crippen LogP contribution in [0.3, 0.4) is 0 Å². The number of hydrogen-bond acceptors (Lipinski definition) is 4. The molecule has 0 saturated heterocycles. The average molecular weight is 398 g/mol. The number of carbonyl (C=O) groups is 1. The van der Waals surface area contributed by atoms with E-state index in [2.05, 4.69) is 15.4 Å². The topological polar surface area (TPSA) is 87.3 Å². The Morgan fingerprint density at radius 3 is 2.19 bits per heavy atom. The molecule has 0 bridgehead atoms. The van der Waals surface area contributed by atoms with Crippen molar-refractivity contribution in [1.82, 2.24) is 4.72 Å². The van der Waals surface area contributed by atoms with Crippen molar-refractivity contribution >= 4 is 39.7 Å². The van der Waals surface area contributed by atoms with Crippen molar-refractivity contribution in [3.63, 3.8) is 0 Å². The van der Waals surface area contributed by atoms with E-state index in [4.69, 9.17) is 0 Å². The zero-order valence-electron chi connectivity index (χ0n) is 14.9. The highest BCUT2D eigenvalue weighted by molar-refractivity contribution is 7.89. The number of benzene rings is 2. The molecule has 0 radical (unpaired) electrons. The second-order valence-electron chi connectivity index (χ2n) is 6.65. The van der Waals surface area contributed by atoms with Crippen molar-refractivity contribution in [2.45, 2.75) is 31.2 Å². The minimum absolute atomic E-state index is 0. The number of amides is 1. The highest BCUT2D eigenvalue weighted by Gasteiger charge is 2.22. The molecule has 0 unspecified atom stereocenters. The van der Waals surface area contributed by atoms with Crippen LogP contribution in [-0.4, -0.2) is 26.4 Å². The Bertz CT molecular complexity index is 834. The van der Waals surface area contributed by atoms with E-state index in [-0.39, 0.29) is 29.8 Å². The van der Waals surface area contributed by atoms with Gasteiger partial charge in [0.1, 0.15) is 0 Å². The minimum atomic E-state index is -3.65. The molecule has 2 aromatic carbocycles. The van der Waals surface area contributed by atoms with Gasteiger partial charge >= 0.3 is 0 Å². The Balaban J connectivity index is 0.00000338. The molecule has 3 N–H and O–H groups in total. The van der Waals surface area contributed by atoms with E-state index < -0.39 is 15.6 Å². The molecule has 8 heteroatoms. The van der Waals surface area contributed by atoms with Crippen LogP contribution in [0.5, 0.6) is 0 Å². The highest BCUT2D eigenvalue weighted by Crippen LogP contribution is 2.17. The third kappa shape index (κ3) is 7.03. The lowest BCUT2D eigenvalue weighted by atomic mass is 10.1. The molecule has 0 aliphatic heterocycles. The van der Waals surface area contributed by atoms with E-state index in [1.807, 2.05) is 30.3 Å². The predicted octanol–water partition coefficient (Wildman–Crippen LogP) is 3.24. The number of hydrogen-bond donors (Lipinski definition) is 3. The zero-order valence-corrected chi connectivity index (χ0v) is 16.6.